The van der Waals surface area contributed by atoms with E-state index in [1.165, 1.54) is 154 Å². The van der Waals surface area contributed by atoms with Gasteiger partial charge in [-0.3, -0.25) is 24.3 Å². The molecular weight excluding hydrogens is 1200 g/mol. The normalized spacial score (nSPS) is 14.8. The van der Waals surface area contributed by atoms with Crippen molar-refractivity contribution >= 4 is 45.1 Å². The number of carbonyl (C=O) groups is 2. The molecule has 0 aliphatic rings. The Morgan fingerprint density at radius 1 is 0.304 bits per heavy atom. The van der Waals surface area contributed by atoms with E-state index in [1.54, 1.807) is 0 Å². The van der Waals surface area contributed by atoms with Gasteiger partial charge in [-0.25, -0.2) is 0 Å². The summed E-state index contributed by atoms with van der Waals surface area (Å²) >= 11 is 0. The molecule has 0 spiro atoms. The number of hydrogen-bond acceptors (Lipinski definition) is 9. The number of unbranched alkanes of at least 4 members (excludes halogenated alkanes) is 20. The lowest BCUT2D eigenvalue weighted by Gasteiger charge is -2.43. The maximum absolute atomic E-state index is 14.1. The second kappa shape index (κ2) is 46.8. The molecule has 2 amide bonds. The van der Waals surface area contributed by atoms with E-state index in [0.717, 1.165) is 77.8 Å². The average molecular weight is 1370 g/mol. The molecule has 0 saturated carbocycles. The smallest absolute Gasteiger partial charge is 0.236 e. The summed E-state index contributed by atoms with van der Waals surface area (Å²) in [5.41, 5.74) is 0. The van der Waals surface area contributed by atoms with Gasteiger partial charge in [0.2, 0.25) is 11.8 Å². The molecule has 0 N–H and O–H groups in total. The zero-order valence-corrected chi connectivity index (χ0v) is 71.3. The van der Waals surface area contributed by atoms with Crippen LogP contribution in [0, 0.1) is 0 Å². The van der Waals surface area contributed by atoms with Gasteiger partial charge in [-0.1, -0.05) is 265 Å². The van der Waals surface area contributed by atoms with Gasteiger partial charge in [0.15, 0.2) is 33.3 Å². The van der Waals surface area contributed by atoms with Crippen molar-refractivity contribution in [3.63, 3.8) is 0 Å². The van der Waals surface area contributed by atoms with Crippen LogP contribution in [-0.4, -0.2) is 181 Å². The van der Waals surface area contributed by atoms with Gasteiger partial charge in [-0.2, -0.15) is 0 Å². The first kappa shape index (κ1) is 91.5. The SMILES string of the molecule is CCCCCCCCC(CN(CCCN(C)C(=O)CN(C)CC(=O)N(C)CCCN(CC(CCCCCCCC)O[Si](C)(C)C(C)(C)C)CC(CCCCCCCC)O[Si](C)(C)C(C)(C)C)CC(CCCCCCCC)O[Si](C)(C)C(C)(C)C)O[Si](C)(C)C(C)(C)C. The summed E-state index contributed by atoms with van der Waals surface area (Å²) in [5.74, 6) is 0.112. The fourth-order valence-electron chi connectivity index (χ4n) is 11.5. The third-order valence-electron chi connectivity index (χ3n) is 22.0. The quantitative estimate of drug-likeness (QED) is 0.0436. The Balaban J connectivity index is 6.63. The summed E-state index contributed by atoms with van der Waals surface area (Å²) in [5, 5.41) is 0.484. The Kier molecular flexibility index (Phi) is 46.6. The highest BCUT2D eigenvalue weighted by Gasteiger charge is 2.43. The van der Waals surface area contributed by atoms with E-state index in [4.69, 9.17) is 17.7 Å². The molecule has 0 aromatic rings. The van der Waals surface area contributed by atoms with Gasteiger partial charge in [0.25, 0.3) is 0 Å². The van der Waals surface area contributed by atoms with E-state index in [9.17, 15) is 9.59 Å². The van der Waals surface area contributed by atoms with Crippen LogP contribution in [0.3, 0.4) is 0 Å². The van der Waals surface area contributed by atoms with Crippen LogP contribution in [0.25, 0.3) is 0 Å². The Morgan fingerprint density at radius 3 is 0.696 bits per heavy atom. The zero-order valence-electron chi connectivity index (χ0n) is 67.3. The number of carbonyl (C=O) groups excluding carboxylic acids is 2. The van der Waals surface area contributed by atoms with Crippen molar-refractivity contribution in [1.29, 1.82) is 0 Å². The monoisotopic (exact) mass is 1370 g/mol. The highest BCUT2D eigenvalue weighted by atomic mass is 28.4. The average Bonchev–Trinajstić information content (AvgIpc) is 0.912. The summed E-state index contributed by atoms with van der Waals surface area (Å²) in [6, 6.07) is 0. The molecule has 0 aliphatic heterocycles. The largest absolute Gasteiger partial charge is 0.413 e. The number of hydrogen-bond donors (Lipinski definition) is 0. The minimum absolute atomic E-state index is 0.0560. The van der Waals surface area contributed by atoms with Gasteiger partial charge in [0.05, 0.1) is 37.5 Å². The van der Waals surface area contributed by atoms with Gasteiger partial charge in [0, 0.05) is 66.5 Å². The van der Waals surface area contributed by atoms with Gasteiger partial charge in [-0.15, -0.1) is 0 Å². The van der Waals surface area contributed by atoms with Crippen LogP contribution >= 0.6 is 0 Å². The molecule has 92 heavy (non-hydrogen) atoms. The molecule has 0 fully saturated rings. The third kappa shape index (κ3) is 40.6. The Hall–Kier alpha value is -0.472. The molecule has 4 unspecified atom stereocenters. The van der Waals surface area contributed by atoms with E-state index < -0.39 is 33.3 Å². The first-order valence-corrected chi connectivity index (χ1v) is 50.6. The van der Waals surface area contributed by atoms with Crippen molar-refractivity contribution in [3.8, 4) is 0 Å². The minimum Gasteiger partial charge on any atom is -0.413 e. The topological polar surface area (TPSA) is 87.3 Å². The highest BCUT2D eigenvalue weighted by Crippen LogP contribution is 2.42. The Bertz CT molecular complexity index is 1630. The van der Waals surface area contributed by atoms with E-state index in [-0.39, 0.29) is 69.5 Å². The van der Waals surface area contributed by atoms with Gasteiger partial charge >= 0.3 is 0 Å². The number of amides is 2. The molecule has 4 atom stereocenters. The summed E-state index contributed by atoms with van der Waals surface area (Å²) < 4.78 is 29.6. The summed E-state index contributed by atoms with van der Waals surface area (Å²) in [4.78, 5) is 39.3. The Labute approximate surface area is 580 Å². The van der Waals surface area contributed by atoms with Crippen LogP contribution in [0.1, 0.15) is 303 Å². The molecule has 0 aromatic carbocycles. The molecule has 0 bridgehead atoms. The van der Waals surface area contributed by atoms with E-state index in [1.807, 2.05) is 35.8 Å². The second-order valence-corrected chi connectivity index (χ2v) is 54.3. The van der Waals surface area contributed by atoms with Crippen LogP contribution in [0.4, 0.5) is 0 Å². The van der Waals surface area contributed by atoms with Crippen LogP contribution in [0.15, 0.2) is 0 Å². The molecule has 15 heteroatoms. The molecule has 0 heterocycles. The molecule has 0 radical (unpaired) electrons. The van der Waals surface area contributed by atoms with Crippen molar-refractivity contribution in [1.82, 2.24) is 24.5 Å². The van der Waals surface area contributed by atoms with Crippen molar-refractivity contribution in [3.05, 3.63) is 0 Å². The number of nitrogens with zero attached hydrogens (tertiary/aromatic N) is 5. The molecule has 0 rings (SSSR count). The maximum atomic E-state index is 14.1. The minimum atomic E-state index is -2.06. The predicted molar refractivity (Wildman–Crippen MR) is 415 cm³/mol. The Morgan fingerprint density at radius 2 is 0.500 bits per heavy atom. The van der Waals surface area contributed by atoms with Crippen LogP contribution in [-0.2, 0) is 27.3 Å². The second-order valence-electron chi connectivity index (χ2n) is 35.3. The maximum Gasteiger partial charge on any atom is 0.236 e. The van der Waals surface area contributed by atoms with Crippen LogP contribution in [0.5, 0.6) is 0 Å². The first-order chi connectivity index (χ1) is 42.6. The van der Waals surface area contributed by atoms with Crippen LogP contribution < -0.4 is 0 Å². The summed E-state index contributed by atoms with van der Waals surface area (Å²) in [6.07, 6.45) is 37.3. The number of rotatable bonds is 56. The lowest BCUT2D eigenvalue weighted by atomic mass is 10.1. The predicted octanol–water partition coefficient (Wildman–Crippen LogP) is 21.8. The number of likely N-dealkylation sites (N-methyl/N-ethyl adjacent to an activating group) is 3. The fraction of sp³-hybridized carbons (Fsp3) is 0.974. The van der Waals surface area contributed by atoms with E-state index in [2.05, 4.69) is 173 Å². The van der Waals surface area contributed by atoms with Crippen LogP contribution in [0.2, 0.25) is 72.5 Å². The van der Waals surface area contributed by atoms with E-state index in [0.29, 0.717) is 13.1 Å². The lowest BCUT2D eigenvalue weighted by Crippen LogP contribution is -2.50. The van der Waals surface area contributed by atoms with Crippen molar-refractivity contribution in [2.24, 2.45) is 0 Å². The van der Waals surface area contributed by atoms with Crippen molar-refractivity contribution in [2.45, 2.75) is 400 Å². The lowest BCUT2D eigenvalue weighted by molar-refractivity contribution is -0.134. The standard InChI is InChI=1S/C77H165N5O6Si4/c1-28-32-36-40-44-48-54-68(85-89(20,21)74(5,6)7)62-81(63-69(55-49-45-41-37-33-29-2)86-90(22,23)75(8,9)10)60-52-58-79(18)72(83)66-78(17)67-73(84)80(19)59-53-61-82(64-70(56-50-46-42-38-34-30-3)87-91(24,25)76(11,12)13)65-71(57-51-47-43-39-35-31-4)88-92(26,27)77(14,15)16/h68-71H,28-67H2,1-27H3. The van der Waals surface area contributed by atoms with Crippen molar-refractivity contribution in [2.75, 3.05) is 86.6 Å². The zero-order chi connectivity index (χ0) is 70.5. The molecule has 11 nitrogen and oxygen atoms in total. The van der Waals surface area contributed by atoms with Gasteiger partial charge < -0.3 is 27.5 Å². The summed E-state index contributed by atoms with van der Waals surface area (Å²) in [7, 11) is -2.41. The fourth-order valence-corrected chi connectivity index (χ4v) is 17.0. The molecular formula is C77H165N5O6Si4. The molecule has 0 aromatic heterocycles. The molecule has 0 aliphatic carbocycles. The van der Waals surface area contributed by atoms with Crippen molar-refractivity contribution < 1.29 is 27.3 Å². The van der Waals surface area contributed by atoms with Gasteiger partial charge in [0.1, 0.15) is 0 Å². The first-order valence-electron chi connectivity index (χ1n) is 38.9. The molecule has 0 saturated heterocycles. The molecule has 550 valence electrons. The summed E-state index contributed by atoms with van der Waals surface area (Å²) in [6.45, 7) is 64.0. The van der Waals surface area contributed by atoms with Gasteiger partial charge in [-0.05, 0) is 118 Å². The third-order valence-corrected chi connectivity index (χ3v) is 40.2. The highest BCUT2D eigenvalue weighted by molar-refractivity contribution is 6.75. The van der Waals surface area contributed by atoms with E-state index >= 15 is 0 Å².